The third-order valence-electron chi connectivity index (χ3n) is 4.86. The van der Waals surface area contributed by atoms with Gasteiger partial charge in [-0.15, -0.1) is 0 Å². The maximum Gasteiger partial charge on any atom is 0.421 e. The van der Waals surface area contributed by atoms with Crippen LogP contribution in [0.4, 0.5) is 23.9 Å². The van der Waals surface area contributed by atoms with Crippen LogP contribution in [0.3, 0.4) is 0 Å². The number of rotatable bonds is 3. The number of carbonyl (C=O) groups is 1. The fourth-order valence-electron chi connectivity index (χ4n) is 3.23. The van der Waals surface area contributed by atoms with E-state index in [9.17, 15) is 22.8 Å². The smallest absolute Gasteiger partial charge is 0.409 e. The van der Waals surface area contributed by atoms with Gasteiger partial charge in [-0.25, -0.2) is 14.8 Å². The van der Waals surface area contributed by atoms with E-state index in [0.717, 1.165) is 11.8 Å². The second-order valence-corrected chi connectivity index (χ2v) is 7.46. The summed E-state index contributed by atoms with van der Waals surface area (Å²) in [7, 11) is 0. The van der Waals surface area contributed by atoms with Crippen LogP contribution in [0.1, 0.15) is 25.0 Å². The molecule has 0 bridgehead atoms. The fourth-order valence-corrected chi connectivity index (χ4v) is 3.23. The summed E-state index contributed by atoms with van der Waals surface area (Å²) in [6.07, 6.45) is -1.27. The molecule has 0 saturated carbocycles. The number of aromatic amines is 1. The van der Waals surface area contributed by atoms with E-state index < -0.39 is 23.4 Å². The topological polar surface area (TPSA) is 91.4 Å². The van der Waals surface area contributed by atoms with E-state index in [2.05, 4.69) is 9.97 Å². The molecule has 1 N–H and O–H groups in total. The minimum Gasteiger partial charge on any atom is -0.409 e. The highest BCUT2D eigenvalue weighted by molar-refractivity contribution is 5.71. The lowest BCUT2D eigenvalue weighted by Gasteiger charge is -2.42. The Hall–Kier alpha value is -3.11. The zero-order chi connectivity index (χ0) is 22.1. The number of pyridine rings is 1. The number of hydrogen-bond donors (Lipinski definition) is 1. The molecule has 2 aromatic rings. The average molecular weight is 425 g/mol. The minimum atomic E-state index is -4.85. The van der Waals surface area contributed by atoms with Crippen molar-refractivity contribution in [3.05, 3.63) is 46.1 Å². The lowest BCUT2D eigenvalue weighted by molar-refractivity contribution is -0.138. The van der Waals surface area contributed by atoms with Gasteiger partial charge in [0.1, 0.15) is 11.3 Å². The second-order valence-electron chi connectivity index (χ2n) is 7.46. The monoisotopic (exact) mass is 425 g/mol. The van der Waals surface area contributed by atoms with Crippen LogP contribution >= 0.6 is 0 Å². The van der Waals surface area contributed by atoms with Crippen LogP contribution < -0.4 is 15.2 Å². The zero-order valence-electron chi connectivity index (χ0n) is 16.7. The molecule has 162 valence electrons. The lowest BCUT2D eigenvalue weighted by atomic mass is 10.00. The molecule has 3 heterocycles. The number of piperazine rings is 1. The molecule has 3 rings (SSSR count). The number of aryl methyl sites for hydroxylation is 1. The van der Waals surface area contributed by atoms with E-state index in [1.165, 1.54) is 4.90 Å². The molecular formula is C19H22F3N5O3. The number of aromatic nitrogens is 3. The first-order valence-corrected chi connectivity index (χ1v) is 9.38. The van der Waals surface area contributed by atoms with Gasteiger partial charge in [-0.05, 0) is 18.4 Å². The normalized spacial score (nSPS) is 17.4. The van der Waals surface area contributed by atoms with Crippen molar-refractivity contribution >= 4 is 12.0 Å². The maximum absolute atomic E-state index is 12.9. The molecule has 0 spiro atoms. The SMILES string of the molecule is Cc1cnc(N2CCN(C(=O)Oc3c[nH]c(=O)c(C(F)(F)F)c3)C(C(C)C)C2)nc1. The van der Waals surface area contributed by atoms with Crippen molar-refractivity contribution in [1.29, 1.82) is 0 Å². The number of H-pyrrole nitrogens is 1. The quantitative estimate of drug-likeness (QED) is 0.813. The Balaban J connectivity index is 1.76. The molecule has 1 unspecified atom stereocenters. The van der Waals surface area contributed by atoms with E-state index in [0.29, 0.717) is 25.1 Å². The van der Waals surface area contributed by atoms with Crippen molar-refractivity contribution in [3.63, 3.8) is 0 Å². The molecule has 0 aromatic carbocycles. The molecule has 0 aliphatic carbocycles. The van der Waals surface area contributed by atoms with Crippen molar-refractivity contribution in [2.24, 2.45) is 5.92 Å². The van der Waals surface area contributed by atoms with Crippen LogP contribution in [0.2, 0.25) is 0 Å². The predicted molar refractivity (Wildman–Crippen MR) is 102 cm³/mol. The zero-order valence-corrected chi connectivity index (χ0v) is 16.7. The molecule has 30 heavy (non-hydrogen) atoms. The third kappa shape index (κ3) is 4.71. The number of amides is 1. The van der Waals surface area contributed by atoms with Crippen molar-refractivity contribution in [2.75, 3.05) is 24.5 Å². The molecule has 0 radical (unpaired) electrons. The standard InChI is InChI=1S/C19H22F3N5O3/c1-11(2)15-10-26(17-24-7-12(3)8-25-17)4-5-27(15)18(29)30-13-6-14(19(20,21)22)16(28)23-9-13/h6-9,11,15H,4-5,10H2,1-3H3,(H,23,28). The summed E-state index contributed by atoms with van der Waals surface area (Å²) >= 11 is 0. The number of nitrogens with one attached hydrogen (secondary N) is 1. The van der Waals surface area contributed by atoms with Gasteiger partial charge in [0.2, 0.25) is 5.95 Å². The molecule has 2 aromatic heterocycles. The molecule has 1 aliphatic rings. The van der Waals surface area contributed by atoms with Gasteiger partial charge in [-0.2, -0.15) is 13.2 Å². The van der Waals surface area contributed by atoms with E-state index in [1.807, 2.05) is 30.7 Å². The summed E-state index contributed by atoms with van der Waals surface area (Å²) in [4.78, 5) is 38.1. The molecule has 11 heteroatoms. The number of alkyl halides is 3. The van der Waals surface area contributed by atoms with Gasteiger partial charge in [0, 0.05) is 44.3 Å². The maximum atomic E-state index is 12.9. The van der Waals surface area contributed by atoms with Gasteiger partial charge < -0.3 is 19.5 Å². The third-order valence-corrected chi connectivity index (χ3v) is 4.86. The van der Waals surface area contributed by atoms with Gasteiger partial charge in [0.25, 0.3) is 5.56 Å². The van der Waals surface area contributed by atoms with Crippen molar-refractivity contribution < 1.29 is 22.7 Å². The van der Waals surface area contributed by atoms with E-state index in [1.54, 1.807) is 12.4 Å². The summed E-state index contributed by atoms with van der Waals surface area (Å²) in [6, 6.07) is 0.262. The fraction of sp³-hybridized carbons (Fsp3) is 0.474. The molecule has 1 amide bonds. The molecule has 1 saturated heterocycles. The van der Waals surface area contributed by atoms with Gasteiger partial charge >= 0.3 is 12.3 Å². The van der Waals surface area contributed by atoms with Gasteiger partial charge in [0.15, 0.2) is 0 Å². The van der Waals surface area contributed by atoms with Crippen LogP contribution in [0.25, 0.3) is 0 Å². The van der Waals surface area contributed by atoms with Crippen LogP contribution in [0, 0.1) is 12.8 Å². The second kappa shape index (κ2) is 8.33. The summed E-state index contributed by atoms with van der Waals surface area (Å²) in [5, 5.41) is 0. The Bertz CT molecular complexity index is 959. The highest BCUT2D eigenvalue weighted by atomic mass is 19.4. The Kier molecular flexibility index (Phi) is 5.99. The Morgan fingerprint density at radius 3 is 2.53 bits per heavy atom. The van der Waals surface area contributed by atoms with Crippen molar-refractivity contribution in [1.82, 2.24) is 19.9 Å². The first-order valence-electron chi connectivity index (χ1n) is 9.38. The predicted octanol–water partition coefficient (Wildman–Crippen LogP) is 2.84. The number of nitrogens with zero attached hydrogens (tertiary/aromatic N) is 4. The molecule has 8 nitrogen and oxygen atoms in total. The van der Waals surface area contributed by atoms with Crippen molar-refractivity contribution in [3.8, 4) is 5.75 Å². The first kappa shape index (κ1) is 21.6. The van der Waals surface area contributed by atoms with Crippen molar-refractivity contribution in [2.45, 2.75) is 33.0 Å². The van der Waals surface area contributed by atoms with Gasteiger partial charge in [-0.1, -0.05) is 13.8 Å². The Labute approximate surface area is 170 Å². The summed E-state index contributed by atoms with van der Waals surface area (Å²) in [5.41, 5.74) is -1.79. The Morgan fingerprint density at radius 1 is 1.27 bits per heavy atom. The molecular weight excluding hydrogens is 403 g/mol. The lowest BCUT2D eigenvalue weighted by Crippen LogP contribution is -2.58. The summed E-state index contributed by atoms with van der Waals surface area (Å²) in [5.74, 6) is 0.223. The number of ether oxygens (including phenoxy) is 1. The first-order chi connectivity index (χ1) is 14.1. The minimum absolute atomic E-state index is 0.0483. The highest BCUT2D eigenvalue weighted by Gasteiger charge is 2.36. The van der Waals surface area contributed by atoms with E-state index in [4.69, 9.17) is 4.74 Å². The van der Waals surface area contributed by atoms with Crippen LogP contribution in [-0.4, -0.2) is 51.6 Å². The number of hydrogen-bond acceptors (Lipinski definition) is 6. The van der Waals surface area contributed by atoms with Crippen LogP contribution in [-0.2, 0) is 6.18 Å². The molecule has 1 aliphatic heterocycles. The Morgan fingerprint density at radius 2 is 1.93 bits per heavy atom. The van der Waals surface area contributed by atoms with Crippen LogP contribution in [0.5, 0.6) is 5.75 Å². The number of anilines is 1. The molecule has 1 atom stereocenters. The van der Waals surface area contributed by atoms with Gasteiger partial charge in [-0.3, -0.25) is 4.79 Å². The number of halogens is 3. The summed E-state index contributed by atoms with van der Waals surface area (Å²) in [6.45, 7) is 6.94. The average Bonchev–Trinajstić information content (AvgIpc) is 2.68. The summed E-state index contributed by atoms with van der Waals surface area (Å²) < 4.78 is 43.9. The van der Waals surface area contributed by atoms with Crippen LogP contribution in [0.15, 0.2) is 29.5 Å². The van der Waals surface area contributed by atoms with E-state index in [-0.39, 0.29) is 24.3 Å². The molecule has 1 fully saturated rings. The highest BCUT2D eigenvalue weighted by Crippen LogP contribution is 2.29. The van der Waals surface area contributed by atoms with E-state index >= 15 is 0 Å². The number of carbonyl (C=O) groups excluding carboxylic acids is 1. The van der Waals surface area contributed by atoms with Gasteiger partial charge in [0.05, 0.1) is 6.04 Å². The largest absolute Gasteiger partial charge is 0.421 e.